The minimum Gasteiger partial charge on any atom is -0.379 e. The quantitative estimate of drug-likeness (QED) is 0.772. The SMILES string of the molecule is NC(=O)c1ccc2c(c1)NCc1c(CCCN3CCCC3)cccc1N2. The third-order valence-electron chi connectivity index (χ3n) is 5.42. The molecule has 4 rings (SSSR count). The molecule has 2 aliphatic rings. The highest BCUT2D eigenvalue weighted by Gasteiger charge is 2.17. The van der Waals surface area contributed by atoms with Crippen LogP contribution in [0.5, 0.6) is 0 Å². The molecule has 5 heteroatoms. The molecule has 2 aliphatic heterocycles. The Morgan fingerprint density at radius 1 is 1.08 bits per heavy atom. The Hall–Kier alpha value is -2.53. The van der Waals surface area contributed by atoms with E-state index in [0.717, 1.165) is 30.0 Å². The van der Waals surface area contributed by atoms with Crippen LogP contribution in [0.15, 0.2) is 36.4 Å². The molecule has 26 heavy (non-hydrogen) atoms. The number of amides is 1. The van der Waals surface area contributed by atoms with Gasteiger partial charge in [0.2, 0.25) is 5.91 Å². The third-order valence-corrected chi connectivity index (χ3v) is 5.42. The second-order valence-electron chi connectivity index (χ2n) is 7.20. The van der Waals surface area contributed by atoms with Gasteiger partial charge < -0.3 is 21.3 Å². The number of rotatable bonds is 5. The average molecular weight is 350 g/mol. The Morgan fingerprint density at radius 3 is 2.73 bits per heavy atom. The summed E-state index contributed by atoms with van der Waals surface area (Å²) in [6.45, 7) is 4.45. The molecule has 1 fully saturated rings. The van der Waals surface area contributed by atoms with Gasteiger partial charge in [-0.3, -0.25) is 4.79 Å². The van der Waals surface area contributed by atoms with Crippen molar-refractivity contribution in [2.75, 3.05) is 30.3 Å². The van der Waals surface area contributed by atoms with Gasteiger partial charge in [0, 0.05) is 17.8 Å². The summed E-state index contributed by atoms with van der Waals surface area (Å²) in [6.07, 6.45) is 4.97. The van der Waals surface area contributed by atoms with Crippen molar-refractivity contribution in [3.63, 3.8) is 0 Å². The maximum absolute atomic E-state index is 11.4. The van der Waals surface area contributed by atoms with E-state index < -0.39 is 5.91 Å². The first-order valence-electron chi connectivity index (χ1n) is 9.48. The number of primary amides is 1. The van der Waals surface area contributed by atoms with Crippen molar-refractivity contribution in [3.05, 3.63) is 53.1 Å². The van der Waals surface area contributed by atoms with Gasteiger partial charge >= 0.3 is 0 Å². The smallest absolute Gasteiger partial charge is 0.248 e. The van der Waals surface area contributed by atoms with Gasteiger partial charge in [-0.15, -0.1) is 0 Å². The van der Waals surface area contributed by atoms with E-state index in [2.05, 4.69) is 33.7 Å². The highest BCUT2D eigenvalue weighted by Crippen LogP contribution is 2.34. The Kier molecular flexibility index (Phi) is 4.80. The number of nitrogens with one attached hydrogen (secondary N) is 2. The fourth-order valence-corrected chi connectivity index (χ4v) is 3.98. The van der Waals surface area contributed by atoms with E-state index >= 15 is 0 Å². The van der Waals surface area contributed by atoms with Gasteiger partial charge in [0.25, 0.3) is 0 Å². The summed E-state index contributed by atoms with van der Waals surface area (Å²) >= 11 is 0. The summed E-state index contributed by atoms with van der Waals surface area (Å²) in [7, 11) is 0. The normalized spacial score (nSPS) is 16.2. The number of hydrogen-bond donors (Lipinski definition) is 3. The average Bonchev–Trinajstić information content (AvgIpc) is 3.08. The van der Waals surface area contributed by atoms with E-state index in [4.69, 9.17) is 5.73 Å². The predicted molar refractivity (Wildman–Crippen MR) is 106 cm³/mol. The number of hydrogen-bond acceptors (Lipinski definition) is 4. The van der Waals surface area contributed by atoms with Gasteiger partial charge in [-0.25, -0.2) is 0 Å². The van der Waals surface area contributed by atoms with Gasteiger partial charge in [-0.05, 0) is 80.7 Å². The van der Waals surface area contributed by atoms with Gasteiger partial charge in [0.1, 0.15) is 0 Å². The topological polar surface area (TPSA) is 70.4 Å². The lowest BCUT2D eigenvalue weighted by atomic mass is 10.0. The summed E-state index contributed by atoms with van der Waals surface area (Å²) in [4.78, 5) is 14.0. The van der Waals surface area contributed by atoms with Gasteiger partial charge in [0.05, 0.1) is 11.4 Å². The third kappa shape index (κ3) is 3.53. The molecule has 0 spiro atoms. The van der Waals surface area contributed by atoms with Crippen LogP contribution in [0.4, 0.5) is 17.1 Å². The number of benzene rings is 2. The summed E-state index contributed by atoms with van der Waals surface area (Å²) < 4.78 is 0. The molecule has 1 saturated heterocycles. The molecule has 0 atom stereocenters. The van der Waals surface area contributed by atoms with Gasteiger partial charge in [-0.2, -0.15) is 0 Å². The molecule has 2 aromatic rings. The van der Waals surface area contributed by atoms with Gasteiger partial charge in [0.15, 0.2) is 0 Å². The van der Waals surface area contributed by atoms with Crippen molar-refractivity contribution in [3.8, 4) is 0 Å². The number of likely N-dealkylation sites (tertiary alicyclic amines) is 1. The van der Waals surface area contributed by atoms with Crippen LogP contribution in [0.1, 0.15) is 40.7 Å². The van der Waals surface area contributed by atoms with Crippen LogP contribution in [-0.4, -0.2) is 30.4 Å². The largest absolute Gasteiger partial charge is 0.379 e. The number of fused-ring (bicyclic) bond motifs is 2. The maximum atomic E-state index is 11.4. The first kappa shape index (κ1) is 16.9. The van der Waals surface area contributed by atoms with Crippen LogP contribution in [0.2, 0.25) is 0 Å². The van der Waals surface area contributed by atoms with E-state index in [1.54, 1.807) is 6.07 Å². The molecule has 1 amide bonds. The van der Waals surface area contributed by atoms with E-state index in [1.165, 1.54) is 50.0 Å². The first-order chi connectivity index (χ1) is 12.7. The van der Waals surface area contributed by atoms with Crippen LogP contribution in [0.25, 0.3) is 0 Å². The molecule has 0 radical (unpaired) electrons. The second-order valence-corrected chi connectivity index (χ2v) is 7.20. The Bertz CT molecular complexity index is 812. The van der Waals surface area contributed by atoms with Crippen LogP contribution in [0.3, 0.4) is 0 Å². The minimum atomic E-state index is -0.404. The van der Waals surface area contributed by atoms with E-state index in [-0.39, 0.29) is 0 Å². The highest BCUT2D eigenvalue weighted by molar-refractivity contribution is 5.95. The summed E-state index contributed by atoms with van der Waals surface area (Å²) in [6, 6.07) is 12.0. The van der Waals surface area contributed by atoms with E-state index in [0.29, 0.717) is 5.56 Å². The molecule has 0 aromatic heterocycles. The number of anilines is 3. The zero-order valence-electron chi connectivity index (χ0n) is 15.1. The lowest BCUT2D eigenvalue weighted by molar-refractivity contribution is 0.100. The fraction of sp³-hybridized carbons (Fsp3) is 0.381. The molecule has 0 unspecified atom stereocenters. The molecule has 5 nitrogen and oxygen atoms in total. The van der Waals surface area contributed by atoms with Crippen molar-refractivity contribution in [1.29, 1.82) is 0 Å². The zero-order valence-corrected chi connectivity index (χ0v) is 15.1. The van der Waals surface area contributed by atoms with Crippen molar-refractivity contribution in [2.24, 2.45) is 5.73 Å². The molecule has 0 saturated carbocycles. The fourth-order valence-electron chi connectivity index (χ4n) is 3.98. The predicted octanol–water partition coefficient (Wildman–Crippen LogP) is 3.48. The summed E-state index contributed by atoms with van der Waals surface area (Å²) in [5.74, 6) is -0.404. The van der Waals surface area contributed by atoms with Crippen molar-refractivity contribution in [1.82, 2.24) is 4.90 Å². The number of aryl methyl sites for hydroxylation is 1. The number of carbonyl (C=O) groups is 1. The molecular formula is C21H26N4O. The van der Waals surface area contributed by atoms with Crippen LogP contribution in [-0.2, 0) is 13.0 Å². The Morgan fingerprint density at radius 2 is 1.92 bits per heavy atom. The molecule has 136 valence electrons. The lowest BCUT2D eigenvalue weighted by Crippen LogP contribution is -2.20. The van der Waals surface area contributed by atoms with Crippen LogP contribution < -0.4 is 16.4 Å². The molecular weight excluding hydrogens is 324 g/mol. The van der Waals surface area contributed by atoms with E-state index in [1.807, 2.05) is 12.1 Å². The molecule has 2 aromatic carbocycles. The van der Waals surface area contributed by atoms with Gasteiger partial charge in [-0.1, -0.05) is 12.1 Å². The monoisotopic (exact) mass is 350 g/mol. The minimum absolute atomic E-state index is 0.404. The highest BCUT2D eigenvalue weighted by atomic mass is 16.1. The summed E-state index contributed by atoms with van der Waals surface area (Å²) in [5.41, 5.74) is 11.7. The molecule has 4 N–H and O–H groups in total. The summed E-state index contributed by atoms with van der Waals surface area (Å²) in [5, 5.41) is 6.98. The van der Waals surface area contributed by atoms with Crippen molar-refractivity contribution >= 4 is 23.0 Å². The second kappa shape index (κ2) is 7.38. The number of nitrogens with two attached hydrogens (primary N) is 1. The standard InChI is InChI=1S/C21H26N4O/c22-21(26)16-8-9-19-20(13-16)23-14-17-15(5-3-7-18(17)24-19)6-4-12-25-10-1-2-11-25/h3,5,7-9,13,23-24H,1-2,4,6,10-12,14H2,(H2,22,26). The van der Waals surface area contributed by atoms with Crippen LogP contribution in [0, 0.1) is 0 Å². The zero-order chi connectivity index (χ0) is 17.9. The first-order valence-corrected chi connectivity index (χ1v) is 9.48. The van der Waals surface area contributed by atoms with Crippen molar-refractivity contribution < 1.29 is 4.79 Å². The molecule has 2 heterocycles. The molecule has 0 bridgehead atoms. The Balaban J connectivity index is 1.50. The van der Waals surface area contributed by atoms with Crippen LogP contribution >= 0.6 is 0 Å². The molecule has 0 aliphatic carbocycles. The Labute approximate surface area is 154 Å². The lowest BCUT2D eigenvalue weighted by Gasteiger charge is -2.16. The number of nitrogens with zero attached hydrogens (tertiary/aromatic N) is 1. The number of carbonyl (C=O) groups excluding carboxylic acids is 1. The van der Waals surface area contributed by atoms with Crippen molar-refractivity contribution in [2.45, 2.75) is 32.2 Å². The maximum Gasteiger partial charge on any atom is 0.248 e. The van der Waals surface area contributed by atoms with E-state index in [9.17, 15) is 4.79 Å².